The summed E-state index contributed by atoms with van der Waals surface area (Å²) in [6.07, 6.45) is -4.89. The SMILES string of the molecule is CC(NC1COC2(C1)CN(C(=O)O)C2)C(F)(F)F. The number of rotatable bonds is 2. The van der Waals surface area contributed by atoms with Crippen molar-refractivity contribution in [2.75, 3.05) is 19.7 Å². The average Bonchev–Trinajstić information content (AvgIpc) is 2.57. The third-order valence-corrected chi connectivity index (χ3v) is 3.41. The summed E-state index contributed by atoms with van der Waals surface area (Å²) in [5.41, 5.74) is -0.582. The lowest BCUT2D eigenvalue weighted by atomic mass is 9.90. The normalized spacial score (nSPS) is 28.2. The van der Waals surface area contributed by atoms with E-state index < -0.39 is 23.9 Å². The molecule has 5 nitrogen and oxygen atoms in total. The molecule has 0 radical (unpaired) electrons. The largest absolute Gasteiger partial charge is 0.465 e. The van der Waals surface area contributed by atoms with Gasteiger partial charge in [0.25, 0.3) is 0 Å². The Morgan fingerprint density at radius 3 is 2.67 bits per heavy atom. The van der Waals surface area contributed by atoms with Gasteiger partial charge in [-0.25, -0.2) is 4.79 Å². The number of amides is 1. The third kappa shape index (κ3) is 2.54. The van der Waals surface area contributed by atoms with E-state index in [0.29, 0.717) is 6.42 Å². The minimum Gasteiger partial charge on any atom is -0.465 e. The fourth-order valence-corrected chi connectivity index (χ4v) is 2.40. The average molecular weight is 268 g/mol. The summed E-state index contributed by atoms with van der Waals surface area (Å²) in [6.45, 7) is 1.73. The lowest BCUT2D eigenvalue weighted by Crippen LogP contribution is -2.63. The number of ether oxygens (including phenoxy) is 1. The molecule has 18 heavy (non-hydrogen) atoms. The van der Waals surface area contributed by atoms with Crippen LogP contribution in [0.5, 0.6) is 0 Å². The summed E-state index contributed by atoms with van der Waals surface area (Å²) in [5.74, 6) is 0. The smallest absolute Gasteiger partial charge is 0.407 e. The topological polar surface area (TPSA) is 61.8 Å². The summed E-state index contributed by atoms with van der Waals surface area (Å²) < 4.78 is 42.6. The first-order chi connectivity index (χ1) is 8.22. The maximum Gasteiger partial charge on any atom is 0.407 e. The molecule has 1 amide bonds. The molecule has 2 atom stereocenters. The standard InChI is InChI=1S/C10H15F3N2O3/c1-6(10(11,12)13)14-7-2-9(18-3-7)4-15(5-9)8(16)17/h6-7,14H,2-5H2,1H3,(H,16,17). The summed E-state index contributed by atoms with van der Waals surface area (Å²) in [7, 11) is 0. The lowest BCUT2D eigenvalue weighted by molar-refractivity contribution is -0.153. The molecule has 2 heterocycles. The molecule has 2 aliphatic rings. The van der Waals surface area contributed by atoms with Crippen molar-refractivity contribution < 1.29 is 27.8 Å². The predicted octanol–water partition coefficient (Wildman–Crippen LogP) is 1.05. The van der Waals surface area contributed by atoms with Gasteiger partial charge in [0.15, 0.2) is 0 Å². The molecule has 0 aromatic carbocycles. The molecule has 104 valence electrons. The van der Waals surface area contributed by atoms with E-state index in [4.69, 9.17) is 9.84 Å². The molecule has 0 aliphatic carbocycles. The van der Waals surface area contributed by atoms with Crippen LogP contribution in [0, 0.1) is 0 Å². The molecule has 2 saturated heterocycles. The van der Waals surface area contributed by atoms with Crippen LogP contribution in [-0.4, -0.2) is 59.7 Å². The quantitative estimate of drug-likeness (QED) is 0.785. The highest BCUT2D eigenvalue weighted by atomic mass is 19.4. The molecule has 0 aromatic rings. The van der Waals surface area contributed by atoms with Gasteiger partial charge in [-0.3, -0.25) is 0 Å². The Balaban J connectivity index is 1.82. The van der Waals surface area contributed by atoms with Crippen molar-refractivity contribution in [3.63, 3.8) is 0 Å². The molecule has 0 bridgehead atoms. The molecule has 2 unspecified atom stereocenters. The lowest BCUT2D eigenvalue weighted by Gasteiger charge is -2.45. The second kappa shape index (κ2) is 4.27. The Bertz CT molecular complexity index is 342. The van der Waals surface area contributed by atoms with E-state index in [1.165, 1.54) is 4.90 Å². The van der Waals surface area contributed by atoms with Crippen molar-refractivity contribution in [2.24, 2.45) is 0 Å². The monoisotopic (exact) mass is 268 g/mol. The molecule has 8 heteroatoms. The van der Waals surface area contributed by atoms with E-state index in [0.717, 1.165) is 6.92 Å². The van der Waals surface area contributed by atoms with E-state index in [9.17, 15) is 18.0 Å². The van der Waals surface area contributed by atoms with Gasteiger partial charge < -0.3 is 20.1 Å². The van der Waals surface area contributed by atoms with Crippen LogP contribution >= 0.6 is 0 Å². The van der Waals surface area contributed by atoms with Gasteiger partial charge in [-0.15, -0.1) is 0 Å². The van der Waals surface area contributed by atoms with Crippen molar-refractivity contribution >= 4 is 6.09 Å². The van der Waals surface area contributed by atoms with Gasteiger partial charge in [0.2, 0.25) is 0 Å². The molecular weight excluding hydrogens is 253 g/mol. The molecular formula is C10H15F3N2O3. The van der Waals surface area contributed by atoms with Crippen molar-refractivity contribution in [1.82, 2.24) is 10.2 Å². The highest BCUT2D eigenvalue weighted by Gasteiger charge is 2.52. The molecule has 0 aromatic heterocycles. The zero-order valence-corrected chi connectivity index (χ0v) is 9.83. The Kier molecular flexibility index (Phi) is 3.18. The number of carboxylic acid groups (broad SMARTS) is 1. The number of hydrogen-bond acceptors (Lipinski definition) is 3. The van der Waals surface area contributed by atoms with Crippen LogP contribution in [0.4, 0.5) is 18.0 Å². The number of nitrogens with one attached hydrogen (secondary N) is 1. The summed E-state index contributed by atoms with van der Waals surface area (Å²) in [6, 6.07) is -1.96. The zero-order chi connectivity index (χ0) is 13.6. The van der Waals surface area contributed by atoms with Crippen molar-refractivity contribution in [2.45, 2.75) is 37.2 Å². The van der Waals surface area contributed by atoms with Crippen molar-refractivity contribution in [3.8, 4) is 0 Å². The van der Waals surface area contributed by atoms with E-state index in [2.05, 4.69) is 5.32 Å². The van der Waals surface area contributed by atoms with Crippen molar-refractivity contribution in [3.05, 3.63) is 0 Å². The number of carbonyl (C=O) groups is 1. The predicted molar refractivity (Wildman–Crippen MR) is 55.3 cm³/mol. The Morgan fingerprint density at radius 1 is 1.56 bits per heavy atom. The van der Waals surface area contributed by atoms with Gasteiger partial charge in [-0.05, 0) is 13.3 Å². The fourth-order valence-electron chi connectivity index (χ4n) is 2.40. The van der Waals surface area contributed by atoms with Crippen LogP contribution in [-0.2, 0) is 4.74 Å². The van der Waals surface area contributed by atoms with Gasteiger partial charge in [-0.1, -0.05) is 0 Å². The Labute approximate surface area is 102 Å². The first kappa shape index (κ1) is 13.4. The third-order valence-electron chi connectivity index (χ3n) is 3.41. The van der Waals surface area contributed by atoms with Gasteiger partial charge >= 0.3 is 12.3 Å². The number of alkyl halides is 3. The maximum absolute atomic E-state index is 12.4. The van der Waals surface area contributed by atoms with Crippen LogP contribution in [0.2, 0.25) is 0 Å². The van der Waals surface area contributed by atoms with Gasteiger partial charge in [0.05, 0.1) is 19.7 Å². The molecule has 0 saturated carbocycles. The number of nitrogens with zero attached hydrogens (tertiary/aromatic N) is 1. The number of likely N-dealkylation sites (tertiary alicyclic amines) is 1. The van der Waals surface area contributed by atoms with Gasteiger partial charge in [-0.2, -0.15) is 13.2 Å². The minimum atomic E-state index is -4.28. The first-order valence-electron chi connectivity index (χ1n) is 5.66. The summed E-state index contributed by atoms with van der Waals surface area (Å²) >= 11 is 0. The highest BCUT2D eigenvalue weighted by Crippen LogP contribution is 2.35. The fraction of sp³-hybridized carbons (Fsp3) is 0.900. The Hall–Kier alpha value is -1.02. The number of halogens is 3. The van der Waals surface area contributed by atoms with Crippen LogP contribution < -0.4 is 5.32 Å². The van der Waals surface area contributed by atoms with Crippen LogP contribution in [0.25, 0.3) is 0 Å². The maximum atomic E-state index is 12.4. The van der Waals surface area contributed by atoms with E-state index in [1.807, 2.05) is 0 Å². The minimum absolute atomic E-state index is 0.188. The highest BCUT2D eigenvalue weighted by molar-refractivity contribution is 5.66. The van der Waals surface area contributed by atoms with Crippen LogP contribution in [0.1, 0.15) is 13.3 Å². The first-order valence-corrected chi connectivity index (χ1v) is 5.66. The second-order valence-corrected chi connectivity index (χ2v) is 4.96. The summed E-state index contributed by atoms with van der Waals surface area (Å²) in [4.78, 5) is 11.8. The molecule has 2 fully saturated rings. The van der Waals surface area contributed by atoms with E-state index in [-0.39, 0.29) is 25.7 Å². The molecule has 2 rings (SSSR count). The molecule has 2 aliphatic heterocycles. The van der Waals surface area contributed by atoms with Crippen LogP contribution in [0.3, 0.4) is 0 Å². The van der Waals surface area contributed by atoms with Crippen molar-refractivity contribution in [1.29, 1.82) is 0 Å². The zero-order valence-electron chi connectivity index (χ0n) is 9.83. The second-order valence-electron chi connectivity index (χ2n) is 4.96. The Morgan fingerprint density at radius 2 is 2.17 bits per heavy atom. The summed E-state index contributed by atoms with van der Waals surface area (Å²) in [5, 5.41) is 11.2. The number of hydrogen-bond donors (Lipinski definition) is 2. The van der Waals surface area contributed by atoms with Gasteiger partial charge in [0.1, 0.15) is 11.6 Å². The molecule has 2 N–H and O–H groups in total. The molecule has 1 spiro atoms. The van der Waals surface area contributed by atoms with E-state index >= 15 is 0 Å². The van der Waals surface area contributed by atoms with Crippen LogP contribution in [0.15, 0.2) is 0 Å². The van der Waals surface area contributed by atoms with E-state index in [1.54, 1.807) is 0 Å². The van der Waals surface area contributed by atoms with Gasteiger partial charge in [0, 0.05) is 6.04 Å².